The predicted molar refractivity (Wildman–Crippen MR) is 113 cm³/mol. The van der Waals surface area contributed by atoms with Crippen LogP contribution in [0.2, 0.25) is 0 Å². The molecule has 1 atom stereocenters. The molecule has 0 bridgehead atoms. The first kappa shape index (κ1) is 20.0. The van der Waals surface area contributed by atoms with Gasteiger partial charge >= 0.3 is 0 Å². The Labute approximate surface area is 165 Å². The van der Waals surface area contributed by atoms with Crippen LogP contribution in [-0.4, -0.2) is 20.4 Å². The second kappa shape index (κ2) is 8.54. The molecule has 0 aliphatic rings. The van der Waals surface area contributed by atoms with E-state index in [0.717, 1.165) is 16.3 Å². The van der Waals surface area contributed by atoms with Crippen molar-refractivity contribution < 1.29 is 13.2 Å². The number of fused-ring (bicyclic) bond motifs is 1. The molecule has 3 rings (SSSR count). The van der Waals surface area contributed by atoms with Crippen molar-refractivity contribution in [2.24, 2.45) is 0 Å². The second-order valence-electron chi connectivity index (χ2n) is 6.82. The van der Waals surface area contributed by atoms with Crippen molar-refractivity contribution >= 4 is 32.4 Å². The lowest BCUT2D eigenvalue weighted by atomic mass is 10.0. The van der Waals surface area contributed by atoms with E-state index in [-0.39, 0.29) is 23.3 Å². The van der Waals surface area contributed by atoms with Crippen LogP contribution >= 0.6 is 0 Å². The van der Waals surface area contributed by atoms with Crippen molar-refractivity contribution in [1.29, 1.82) is 0 Å². The number of amides is 1. The summed E-state index contributed by atoms with van der Waals surface area (Å²) < 4.78 is 27.2. The molecule has 2 N–H and O–H groups in total. The number of carbonyl (C=O) groups excluding carboxylic acids is 1. The fraction of sp³-hybridized carbons (Fsp3) is 0.227. The summed E-state index contributed by atoms with van der Waals surface area (Å²) in [6.07, 6.45) is 0.957. The Morgan fingerprint density at radius 1 is 0.964 bits per heavy atom. The van der Waals surface area contributed by atoms with Crippen LogP contribution in [0.5, 0.6) is 0 Å². The summed E-state index contributed by atoms with van der Waals surface area (Å²) in [5.74, 6) is -0.148. The molecule has 0 saturated heterocycles. The summed E-state index contributed by atoms with van der Waals surface area (Å²) in [6.45, 7) is 3.74. The molecular formula is C22H24N2O3S. The summed E-state index contributed by atoms with van der Waals surface area (Å²) >= 11 is 0. The third-order valence-electron chi connectivity index (χ3n) is 4.65. The maximum Gasteiger partial charge on any atom is 0.240 e. The van der Waals surface area contributed by atoms with E-state index < -0.39 is 10.0 Å². The lowest BCUT2D eigenvalue weighted by molar-refractivity contribution is -0.115. The van der Waals surface area contributed by atoms with Crippen molar-refractivity contribution in [1.82, 2.24) is 4.72 Å². The van der Waals surface area contributed by atoms with E-state index in [0.29, 0.717) is 12.1 Å². The predicted octanol–water partition coefficient (Wildman–Crippen LogP) is 4.10. The molecule has 0 aromatic heterocycles. The summed E-state index contributed by atoms with van der Waals surface area (Å²) in [4.78, 5) is 12.6. The Hall–Kier alpha value is -2.70. The van der Waals surface area contributed by atoms with Crippen LogP contribution in [0, 0.1) is 0 Å². The third kappa shape index (κ3) is 4.77. The van der Waals surface area contributed by atoms with E-state index in [1.165, 1.54) is 12.1 Å². The van der Waals surface area contributed by atoms with Gasteiger partial charge in [-0.05, 0) is 53.9 Å². The first-order chi connectivity index (χ1) is 13.4. The Morgan fingerprint density at radius 3 is 2.36 bits per heavy atom. The monoisotopic (exact) mass is 396 g/mol. The van der Waals surface area contributed by atoms with Gasteiger partial charge in [0.1, 0.15) is 0 Å². The summed E-state index contributed by atoms with van der Waals surface area (Å²) in [6, 6.07) is 19.9. The highest BCUT2D eigenvalue weighted by molar-refractivity contribution is 7.89. The molecule has 0 aliphatic carbocycles. The summed E-state index contributed by atoms with van der Waals surface area (Å²) in [5.41, 5.74) is 1.51. The molecular weight excluding hydrogens is 372 g/mol. The molecule has 0 aliphatic heterocycles. The van der Waals surface area contributed by atoms with Gasteiger partial charge in [0.25, 0.3) is 0 Å². The number of carbonyl (C=O) groups is 1. The number of hydrogen-bond acceptors (Lipinski definition) is 3. The highest BCUT2D eigenvalue weighted by Crippen LogP contribution is 2.20. The third-order valence-corrected chi connectivity index (χ3v) is 6.25. The number of benzene rings is 3. The van der Waals surface area contributed by atoms with E-state index in [1.807, 2.05) is 56.3 Å². The summed E-state index contributed by atoms with van der Waals surface area (Å²) in [7, 11) is -3.55. The SMILES string of the molecule is CCC(C)NS(=O)(=O)c1ccc(NC(=O)Cc2cccc3ccccc23)cc1. The number of hydrogen-bond donors (Lipinski definition) is 2. The maximum absolute atomic E-state index is 12.5. The molecule has 5 nitrogen and oxygen atoms in total. The van der Waals surface area contributed by atoms with Gasteiger partial charge in [-0.25, -0.2) is 13.1 Å². The van der Waals surface area contributed by atoms with Gasteiger partial charge in [0, 0.05) is 11.7 Å². The molecule has 0 saturated carbocycles. The van der Waals surface area contributed by atoms with Gasteiger partial charge in [0.15, 0.2) is 0 Å². The largest absolute Gasteiger partial charge is 0.326 e. The minimum absolute atomic E-state index is 0.134. The molecule has 0 fully saturated rings. The van der Waals surface area contributed by atoms with Crippen molar-refractivity contribution in [2.75, 3.05) is 5.32 Å². The van der Waals surface area contributed by atoms with Gasteiger partial charge < -0.3 is 5.32 Å². The fourth-order valence-corrected chi connectivity index (χ4v) is 4.29. The Morgan fingerprint density at radius 2 is 1.64 bits per heavy atom. The Balaban J connectivity index is 1.69. The molecule has 1 amide bonds. The molecule has 0 spiro atoms. The lowest BCUT2D eigenvalue weighted by Gasteiger charge is -2.12. The Kier molecular flexibility index (Phi) is 6.11. The van der Waals surface area contributed by atoms with Crippen molar-refractivity contribution in [2.45, 2.75) is 37.6 Å². The maximum atomic E-state index is 12.5. The van der Waals surface area contributed by atoms with E-state index in [4.69, 9.17) is 0 Å². The first-order valence-corrected chi connectivity index (χ1v) is 10.8. The molecule has 0 heterocycles. The highest BCUT2D eigenvalue weighted by Gasteiger charge is 2.16. The highest BCUT2D eigenvalue weighted by atomic mass is 32.2. The van der Waals surface area contributed by atoms with E-state index in [2.05, 4.69) is 10.0 Å². The van der Waals surface area contributed by atoms with Gasteiger partial charge in [0.05, 0.1) is 11.3 Å². The summed E-state index contributed by atoms with van der Waals surface area (Å²) in [5, 5.41) is 4.98. The standard InChI is InChI=1S/C22H24N2O3S/c1-3-16(2)24-28(26,27)20-13-11-19(12-14-20)23-22(25)15-18-9-6-8-17-7-4-5-10-21(17)18/h4-14,16,24H,3,15H2,1-2H3,(H,23,25). The van der Waals surface area contributed by atoms with Crippen LogP contribution < -0.4 is 10.0 Å². The molecule has 28 heavy (non-hydrogen) atoms. The zero-order valence-corrected chi connectivity index (χ0v) is 16.8. The zero-order valence-electron chi connectivity index (χ0n) is 16.0. The van der Waals surface area contributed by atoms with Gasteiger partial charge in [-0.2, -0.15) is 0 Å². The first-order valence-electron chi connectivity index (χ1n) is 9.28. The van der Waals surface area contributed by atoms with Crippen molar-refractivity contribution in [3.8, 4) is 0 Å². The van der Waals surface area contributed by atoms with Crippen molar-refractivity contribution in [3.63, 3.8) is 0 Å². The normalized spacial score (nSPS) is 12.6. The lowest BCUT2D eigenvalue weighted by Crippen LogP contribution is -2.31. The Bertz CT molecular complexity index is 1070. The topological polar surface area (TPSA) is 75.3 Å². The fourth-order valence-electron chi connectivity index (χ4n) is 2.96. The molecule has 146 valence electrons. The minimum atomic E-state index is -3.55. The zero-order chi connectivity index (χ0) is 20.1. The molecule has 6 heteroatoms. The van der Waals surface area contributed by atoms with E-state index in [1.54, 1.807) is 12.1 Å². The van der Waals surface area contributed by atoms with E-state index >= 15 is 0 Å². The minimum Gasteiger partial charge on any atom is -0.326 e. The van der Waals surface area contributed by atoms with Crippen LogP contribution in [0.4, 0.5) is 5.69 Å². The van der Waals surface area contributed by atoms with Gasteiger partial charge in [-0.15, -0.1) is 0 Å². The number of nitrogens with one attached hydrogen (secondary N) is 2. The quantitative estimate of drug-likeness (QED) is 0.631. The number of sulfonamides is 1. The second-order valence-corrected chi connectivity index (χ2v) is 8.53. The molecule has 1 unspecified atom stereocenters. The van der Waals surface area contributed by atoms with Crippen LogP contribution in [-0.2, 0) is 21.2 Å². The molecule has 3 aromatic rings. The molecule has 3 aromatic carbocycles. The molecule has 0 radical (unpaired) electrons. The van der Waals surface area contributed by atoms with Gasteiger partial charge in [-0.1, -0.05) is 49.4 Å². The number of anilines is 1. The van der Waals surface area contributed by atoms with Gasteiger partial charge in [0.2, 0.25) is 15.9 Å². The van der Waals surface area contributed by atoms with Gasteiger partial charge in [-0.3, -0.25) is 4.79 Å². The van der Waals surface area contributed by atoms with Crippen LogP contribution in [0.15, 0.2) is 71.6 Å². The smallest absolute Gasteiger partial charge is 0.240 e. The van der Waals surface area contributed by atoms with E-state index in [9.17, 15) is 13.2 Å². The van der Waals surface area contributed by atoms with Crippen molar-refractivity contribution in [3.05, 3.63) is 72.3 Å². The number of rotatable bonds is 7. The van der Waals surface area contributed by atoms with Crippen LogP contribution in [0.25, 0.3) is 10.8 Å². The average Bonchev–Trinajstić information content (AvgIpc) is 2.68. The average molecular weight is 397 g/mol. The van der Waals surface area contributed by atoms with Crippen LogP contribution in [0.1, 0.15) is 25.8 Å². The van der Waals surface area contributed by atoms with Crippen LogP contribution in [0.3, 0.4) is 0 Å².